The number of nitrogens with one attached hydrogen (secondary N) is 2. The molecule has 0 saturated heterocycles. The Morgan fingerprint density at radius 2 is 1.83 bits per heavy atom. The number of amides is 2. The molecule has 0 spiro atoms. The largest absolute Gasteiger partial charge is 0.495 e. The summed E-state index contributed by atoms with van der Waals surface area (Å²) < 4.78 is 5.23. The van der Waals surface area contributed by atoms with Gasteiger partial charge in [-0.3, -0.25) is 0 Å². The van der Waals surface area contributed by atoms with Crippen LogP contribution in [0.15, 0.2) is 42.5 Å². The van der Waals surface area contributed by atoms with Crippen molar-refractivity contribution in [3.05, 3.63) is 59.2 Å². The minimum absolute atomic E-state index is 0.0409. The van der Waals surface area contributed by atoms with Gasteiger partial charge in [-0.2, -0.15) is 0 Å². The Kier molecular flexibility index (Phi) is 6.00. The number of urea groups is 1. The Labute approximate surface area is 136 Å². The van der Waals surface area contributed by atoms with Gasteiger partial charge in [-0.25, -0.2) is 4.79 Å². The average Bonchev–Trinajstić information content (AvgIpc) is 2.56. The van der Waals surface area contributed by atoms with Crippen molar-refractivity contribution in [2.75, 3.05) is 19.0 Å². The molecule has 0 aliphatic rings. The fourth-order valence-corrected chi connectivity index (χ4v) is 2.22. The van der Waals surface area contributed by atoms with Crippen LogP contribution in [-0.4, -0.2) is 24.8 Å². The van der Waals surface area contributed by atoms with Crippen molar-refractivity contribution in [1.82, 2.24) is 5.32 Å². The van der Waals surface area contributed by atoms with E-state index in [0.29, 0.717) is 18.0 Å². The van der Waals surface area contributed by atoms with Crippen molar-refractivity contribution in [1.29, 1.82) is 0 Å². The van der Waals surface area contributed by atoms with Gasteiger partial charge in [-0.1, -0.05) is 30.3 Å². The van der Waals surface area contributed by atoms with E-state index in [0.717, 1.165) is 23.1 Å². The van der Waals surface area contributed by atoms with E-state index < -0.39 is 0 Å². The molecule has 0 aromatic heterocycles. The third kappa shape index (κ3) is 5.00. The predicted octanol–water partition coefficient (Wildman–Crippen LogP) is 2.86. The zero-order valence-electron chi connectivity index (χ0n) is 13.4. The molecule has 23 heavy (non-hydrogen) atoms. The molecule has 122 valence electrons. The van der Waals surface area contributed by atoms with Crippen LogP contribution in [0, 0.1) is 6.92 Å². The van der Waals surface area contributed by atoms with E-state index in [4.69, 9.17) is 9.84 Å². The van der Waals surface area contributed by atoms with Gasteiger partial charge in [0, 0.05) is 6.54 Å². The Balaban J connectivity index is 1.84. The molecule has 0 unspecified atom stereocenters. The molecule has 5 nitrogen and oxygen atoms in total. The second-order valence-corrected chi connectivity index (χ2v) is 5.31. The molecular weight excluding hydrogens is 292 g/mol. The van der Waals surface area contributed by atoms with E-state index in [1.165, 1.54) is 0 Å². The van der Waals surface area contributed by atoms with Crippen molar-refractivity contribution >= 4 is 11.7 Å². The maximum Gasteiger partial charge on any atom is 0.319 e. The number of carbonyl (C=O) groups is 1. The fraction of sp³-hybridized carbons (Fsp3) is 0.278. The van der Waals surface area contributed by atoms with Gasteiger partial charge < -0.3 is 20.5 Å². The van der Waals surface area contributed by atoms with Crippen LogP contribution in [0.25, 0.3) is 0 Å². The van der Waals surface area contributed by atoms with Crippen LogP contribution >= 0.6 is 0 Å². The number of aliphatic hydroxyl groups excluding tert-OH is 1. The van der Waals surface area contributed by atoms with E-state index in [2.05, 4.69) is 10.6 Å². The van der Waals surface area contributed by atoms with Gasteiger partial charge in [-0.15, -0.1) is 0 Å². The first-order valence-electron chi connectivity index (χ1n) is 7.50. The van der Waals surface area contributed by atoms with Crippen LogP contribution in [0.1, 0.15) is 16.7 Å². The van der Waals surface area contributed by atoms with Gasteiger partial charge in [0.15, 0.2) is 0 Å². The Bertz CT molecular complexity index is 654. The van der Waals surface area contributed by atoms with Crippen molar-refractivity contribution < 1.29 is 14.6 Å². The van der Waals surface area contributed by atoms with Gasteiger partial charge >= 0.3 is 6.03 Å². The van der Waals surface area contributed by atoms with Gasteiger partial charge in [-0.05, 0) is 42.2 Å². The van der Waals surface area contributed by atoms with E-state index in [9.17, 15) is 4.79 Å². The topological polar surface area (TPSA) is 70.6 Å². The molecule has 0 aliphatic heterocycles. The first kappa shape index (κ1) is 16.8. The number of hydrogen-bond acceptors (Lipinski definition) is 3. The summed E-state index contributed by atoms with van der Waals surface area (Å²) in [7, 11) is 1.57. The minimum Gasteiger partial charge on any atom is -0.495 e. The summed E-state index contributed by atoms with van der Waals surface area (Å²) >= 11 is 0. The number of ether oxygens (including phenoxy) is 1. The highest BCUT2D eigenvalue weighted by Crippen LogP contribution is 2.24. The van der Waals surface area contributed by atoms with Crippen molar-refractivity contribution in [2.24, 2.45) is 0 Å². The lowest BCUT2D eigenvalue weighted by Gasteiger charge is -2.12. The summed E-state index contributed by atoms with van der Waals surface area (Å²) in [6.07, 6.45) is 0.726. The molecule has 0 fully saturated rings. The molecule has 0 radical (unpaired) electrons. The Morgan fingerprint density at radius 1 is 1.13 bits per heavy atom. The van der Waals surface area contributed by atoms with Crippen LogP contribution in [0.2, 0.25) is 0 Å². The third-order valence-electron chi connectivity index (χ3n) is 3.51. The number of anilines is 1. The Morgan fingerprint density at radius 3 is 2.48 bits per heavy atom. The molecule has 2 aromatic rings. The van der Waals surface area contributed by atoms with Crippen LogP contribution < -0.4 is 15.4 Å². The fourth-order valence-electron chi connectivity index (χ4n) is 2.22. The third-order valence-corrected chi connectivity index (χ3v) is 3.51. The lowest BCUT2D eigenvalue weighted by Crippen LogP contribution is -2.30. The van der Waals surface area contributed by atoms with Crippen LogP contribution in [-0.2, 0) is 13.0 Å². The standard InChI is InChI=1S/C18H22N2O3/c1-13-3-8-17(23-2)16(11-13)20-18(22)19-10-9-14-4-6-15(12-21)7-5-14/h3-8,11,21H,9-10,12H2,1-2H3,(H2,19,20,22). The minimum atomic E-state index is -0.263. The molecule has 5 heteroatoms. The molecule has 0 bridgehead atoms. The quantitative estimate of drug-likeness (QED) is 0.768. The number of methoxy groups -OCH3 is 1. The average molecular weight is 314 g/mol. The summed E-state index contributed by atoms with van der Waals surface area (Å²) in [4.78, 5) is 12.0. The Hall–Kier alpha value is -2.53. The molecule has 2 aromatic carbocycles. The molecule has 0 saturated carbocycles. The maximum absolute atomic E-state index is 12.0. The molecule has 0 aliphatic carbocycles. The van der Waals surface area contributed by atoms with Gasteiger partial charge in [0.2, 0.25) is 0 Å². The molecule has 2 rings (SSSR count). The molecule has 2 amide bonds. The number of benzene rings is 2. The second-order valence-electron chi connectivity index (χ2n) is 5.31. The van der Waals surface area contributed by atoms with Gasteiger partial charge in [0.25, 0.3) is 0 Å². The number of aliphatic hydroxyl groups is 1. The zero-order valence-corrected chi connectivity index (χ0v) is 13.4. The highest BCUT2D eigenvalue weighted by Gasteiger charge is 2.07. The SMILES string of the molecule is COc1ccc(C)cc1NC(=O)NCCc1ccc(CO)cc1. The van der Waals surface area contributed by atoms with Crippen LogP contribution in [0.3, 0.4) is 0 Å². The molecular formula is C18H22N2O3. The summed E-state index contributed by atoms with van der Waals surface area (Å²) in [6, 6.07) is 13.0. The monoisotopic (exact) mass is 314 g/mol. The summed E-state index contributed by atoms with van der Waals surface area (Å²) in [6.45, 7) is 2.52. The predicted molar refractivity (Wildman–Crippen MR) is 90.8 cm³/mol. The first-order valence-corrected chi connectivity index (χ1v) is 7.50. The number of rotatable bonds is 6. The number of aryl methyl sites for hydroxylation is 1. The lowest BCUT2D eigenvalue weighted by atomic mass is 10.1. The van der Waals surface area contributed by atoms with Crippen LogP contribution in [0.5, 0.6) is 5.75 Å². The zero-order chi connectivity index (χ0) is 16.7. The van der Waals surface area contributed by atoms with E-state index in [1.807, 2.05) is 49.4 Å². The molecule has 3 N–H and O–H groups in total. The highest BCUT2D eigenvalue weighted by molar-refractivity contribution is 5.91. The highest BCUT2D eigenvalue weighted by atomic mass is 16.5. The molecule has 0 heterocycles. The van der Waals surface area contributed by atoms with Gasteiger partial charge in [0.05, 0.1) is 19.4 Å². The van der Waals surface area contributed by atoms with Crippen molar-refractivity contribution in [2.45, 2.75) is 20.0 Å². The smallest absolute Gasteiger partial charge is 0.319 e. The lowest BCUT2D eigenvalue weighted by molar-refractivity contribution is 0.252. The van der Waals surface area contributed by atoms with Crippen molar-refractivity contribution in [3.8, 4) is 5.75 Å². The van der Waals surface area contributed by atoms with E-state index >= 15 is 0 Å². The van der Waals surface area contributed by atoms with Gasteiger partial charge in [0.1, 0.15) is 5.75 Å². The summed E-state index contributed by atoms with van der Waals surface area (Å²) in [5.74, 6) is 0.630. The first-order chi connectivity index (χ1) is 11.1. The number of hydrogen-bond donors (Lipinski definition) is 3. The maximum atomic E-state index is 12.0. The van der Waals surface area contributed by atoms with E-state index in [1.54, 1.807) is 7.11 Å². The second kappa shape index (κ2) is 8.19. The van der Waals surface area contributed by atoms with Crippen LogP contribution in [0.4, 0.5) is 10.5 Å². The normalized spacial score (nSPS) is 10.2. The summed E-state index contributed by atoms with van der Waals surface area (Å²) in [5, 5.41) is 14.6. The van der Waals surface area contributed by atoms with Crippen molar-refractivity contribution in [3.63, 3.8) is 0 Å². The van der Waals surface area contributed by atoms with E-state index in [-0.39, 0.29) is 12.6 Å². The molecule has 0 atom stereocenters. The summed E-state index contributed by atoms with van der Waals surface area (Å²) in [5.41, 5.74) is 3.68. The number of carbonyl (C=O) groups excluding carboxylic acids is 1.